The zero-order chi connectivity index (χ0) is 11.3. The lowest BCUT2D eigenvalue weighted by Gasteiger charge is -2.20. The maximum atomic E-state index is 4.60. The minimum absolute atomic E-state index is 0.455. The number of hydrogen-bond acceptors (Lipinski definition) is 1. The zero-order valence-electron chi connectivity index (χ0n) is 10.9. The SMILES string of the molecule is CC(C)C(C)/N=C\C(C)C(C)C(C)C. The Balaban J connectivity index is 4.10. The van der Waals surface area contributed by atoms with E-state index in [1.807, 2.05) is 0 Å². The number of rotatable bonds is 5. The Bertz CT molecular complexity index is 170. The lowest BCUT2D eigenvalue weighted by Crippen LogP contribution is -2.17. The van der Waals surface area contributed by atoms with Gasteiger partial charge in [0.15, 0.2) is 0 Å². The fraction of sp³-hybridized carbons (Fsp3) is 0.923. The first kappa shape index (κ1) is 13.7. The van der Waals surface area contributed by atoms with Crippen LogP contribution >= 0.6 is 0 Å². The van der Waals surface area contributed by atoms with Crippen LogP contribution < -0.4 is 0 Å². The first-order valence-electron chi connectivity index (χ1n) is 5.89. The molecule has 0 saturated carbocycles. The first-order valence-corrected chi connectivity index (χ1v) is 5.89. The molecule has 0 aromatic carbocycles. The van der Waals surface area contributed by atoms with Gasteiger partial charge in [-0.3, -0.25) is 4.99 Å². The Hall–Kier alpha value is -0.330. The molecule has 0 bridgehead atoms. The quantitative estimate of drug-likeness (QED) is 0.590. The standard InChI is InChI=1S/C13H27N/c1-9(2)12(6)11(5)8-14-13(7)10(3)4/h8-13H,1-7H3/b14-8-. The van der Waals surface area contributed by atoms with Crippen molar-refractivity contribution >= 4 is 6.21 Å². The average molecular weight is 197 g/mol. The van der Waals surface area contributed by atoms with E-state index in [2.05, 4.69) is 59.7 Å². The Morgan fingerprint density at radius 1 is 0.786 bits per heavy atom. The molecule has 3 atom stereocenters. The van der Waals surface area contributed by atoms with E-state index in [-0.39, 0.29) is 0 Å². The van der Waals surface area contributed by atoms with Gasteiger partial charge in [-0.05, 0) is 30.6 Å². The van der Waals surface area contributed by atoms with Crippen molar-refractivity contribution in [1.82, 2.24) is 0 Å². The summed E-state index contributed by atoms with van der Waals surface area (Å²) in [5, 5.41) is 0. The van der Waals surface area contributed by atoms with Gasteiger partial charge in [0.25, 0.3) is 0 Å². The zero-order valence-corrected chi connectivity index (χ0v) is 10.9. The van der Waals surface area contributed by atoms with Crippen LogP contribution in [0.3, 0.4) is 0 Å². The van der Waals surface area contributed by atoms with Gasteiger partial charge in [-0.15, -0.1) is 0 Å². The van der Waals surface area contributed by atoms with Gasteiger partial charge in [-0.25, -0.2) is 0 Å². The van der Waals surface area contributed by atoms with Crippen molar-refractivity contribution in [3.05, 3.63) is 0 Å². The van der Waals surface area contributed by atoms with E-state index >= 15 is 0 Å². The van der Waals surface area contributed by atoms with Crippen LogP contribution in [-0.4, -0.2) is 12.3 Å². The molecule has 0 aliphatic heterocycles. The highest BCUT2D eigenvalue weighted by Crippen LogP contribution is 2.18. The summed E-state index contributed by atoms with van der Waals surface area (Å²) in [6.45, 7) is 15.8. The van der Waals surface area contributed by atoms with Crippen LogP contribution in [0.5, 0.6) is 0 Å². The van der Waals surface area contributed by atoms with Crippen molar-refractivity contribution < 1.29 is 0 Å². The largest absolute Gasteiger partial charge is 0.294 e. The number of hydrogen-bond donors (Lipinski definition) is 0. The maximum absolute atomic E-state index is 4.60. The Morgan fingerprint density at radius 3 is 1.64 bits per heavy atom. The van der Waals surface area contributed by atoms with Crippen molar-refractivity contribution in [3.8, 4) is 0 Å². The van der Waals surface area contributed by atoms with Gasteiger partial charge in [0, 0.05) is 12.3 Å². The predicted octanol–water partition coefficient (Wildman–Crippen LogP) is 4.03. The molecule has 1 heteroatoms. The molecule has 0 amide bonds. The van der Waals surface area contributed by atoms with Crippen molar-refractivity contribution in [2.45, 2.75) is 54.5 Å². The summed E-state index contributed by atoms with van der Waals surface area (Å²) in [7, 11) is 0. The van der Waals surface area contributed by atoms with Crippen molar-refractivity contribution in [2.24, 2.45) is 28.7 Å². The fourth-order valence-corrected chi connectivity index (χ4v) is 1.19. The van der Waals surface area contributed by atoms with Crippen LogP contribution in [0.1, 0.15) is 48.5 Å². The molecule has 3 unspecified atom stereocenters. The molecule has 0 spiro atoms. The fourth-order valence-electron chi connectivity index (χ4n) is 1.19. The summed E-state index contributed by atoms with van der Waals surface area (Å²) in [4.78, 5) is 4.60. The molecule has 84 valence electrons. The molecule has 0 aromatic heterocycles. The molecule has 0 rings (SSSR count). The molecule has 0 aliphatic rings. The van der Waals surface area contributed by atoms with E-state index in [1.165, 1.54) is 0 Å². The average Bonchev–Trinajstić information content (AvgIpc) is 2.11. The molecule has 14 heavy (non-hydrogen) atoms. The molecule has 0 radical (unpaired) electrons. The lowest BCUT2D eigenvalue weighted by molar-refractivity contribution is 0.360. The maximum Gasteiger partial charge on any atom is 0.0490 e. The van der Waals surface area contributed by atoms with Gasteiger partial charge in [0.1, 0.15) is 0 Å². The summed E-state index contributed by atoms with van der Waals surface area (Å²) in [5.74, 6) is 2.70. The molecule has 0 heterocycles. The summed E-state index contributed by atoms with van der Waals surface area (Å²) in [6.07, 6.45) is 2.15. The summed E-state index contributed by atoms with van der Waals surface area (Å²) in [5.41, 5.74) is 0. The second-order valence-corrected chi connectivity index (χ2v) is 5.25. The second-order valence-electron chi connectivity index (χ2n) is 5.25. The Labute approximate surface area is 90.0 Å². The van der Waals surface area contributed by atoms with E-state index in [4.69, 9.17) is 0 Å². The van der Waals surface area contributed by atoms with Crippen LogP contribution in [0.25, 0.3) is 0 Å². The molecule has 0 aliphatic carbocycles. The van der Waals surface area contributed by atoms with Crippen LogP contribution in [-0.2, 0) is 0 Å². The normalized spacial score (nSPS) is 19.2. The smallest absolute Gasteiger partial charge is 0.0490 e. The van der Waals surface area contributed by atoms with Gasteiger partial charge >= 0.3 is 0 Å². The highest BCUT2D eigenvalue weighted by Gasteiger charge is 2.14. The molecule has 0 N–H and O–H groups in total. The minimum atomic E-state index is 0.455. The minimum Gasteiger partial charge on any atom is -0.294 e. The van der Waals surface area contributed by atoms with Crippen molar-refractivity contribution in [3.63, 3.8) is 0 Å². The molecule has 0 aromatic rings. The van der Waals surface area contributed by atoms with Crippen molar-refractivity contribution in [1.29, 1.82) is 0 Å². The van der Waals surface area contributed by atoms with E-state index in [9.17, 15) is 0 Å². The third-order valence-electron chi connectivity index (χ3n) is 3.40. The molecule has 0 saturated heterocycles. The Kier molecular flexibility index (Phi) is 6.06. The van der Waals surface area contributed by atoms with E-state index in [1.54, 1.807) is 0 Å². The predicted molar refractivity (Wildman–Crippen MR) is 66.0 cm³/mol. The number of aliphatic imine (C=N–C) groups is 1. The Morgan fingerprint density at radius 2 is 1.29 bits per heavy atom. The second kappa shape index (κ2) is 6.21. The van der Waals surface area contributed by atoms with Crippen LogP contribution in [0, 0.1) is 23.7 Å². The molecule has 0 fully saturated rings. The van der Waals surface area contributed by atoms with Gasteiger partial charge < -0.3 is 0 Å². The highest BCUT2D eigenvalue weighted by atomic mass is 14.8. The third-order valence-corrected chi connectivity index (χ3v) is 3.40. The van der Waals surface area contributed by atoms with E-state index in [0.717, 1.165) is 11.8 Å². The third kappa shape index (κ3) is 4.78. The summed E-state index contributed by atoms with van der Waals surface area (Å²) < 4.78 is 0. The summed E-state index contributed by atoms with van der Waals surface area (Å²) >= 11 is 0. The van der Waals surface area contributed by atoms with Gasteiger partial charge in [0.2, 0.25) is 0 Å². The molecule has 1 nitrogen and oxygen atoms in total. The van der Waals surface area contributed by atoms with Crippen LogP contribution in [0.2, 0.25) is 0 Å². The van der Waals surface area contributed by atoms with Crippen LogP contribution in [0.4, 0.5) is 0 Å². The van der Waals surface area contributed by atoms with Crippen LogP contribution in [0.15, 0.2) is 4.99 Å². The lowest BCUT2D eigenvalue weighted by atomic mass is 9.87. The van der Waals surface area contributed by atoms with Gasteiger partial charge in [0.05, 0.1) is 0 Å². The highest BCUT2D eigenvalue weighted by molar-refractivity contribution is 5.60. The van der Waals surface area contributed by atoms with Crippen molar-refractivity contribution in [2.75, 3.05) is 0 Å². The van der Waals surface area contributed by atoms with E-state index < -0.39 is 0 Å². The number of nitrogens with zero attached hydrogens (tertiary/aromatic N) is 1. The monoisotopic (exact) mass is 197 g/mol. The topological polar surface area (TPSA) is 12.4 Å². The first-order chi connectivity index (χ1) is 6.36. The summed E-state index contributed by atoms with van der Waals surface area (Å²) in [6, 6.07) is 0.455. The van der Waals surface area contributed by atoms with E-state index in [0.29, 0.717) is 17.9 Å². The molecular formula is C13H27N. The molecular weight excluding hydrogens is 170 g/mol. The van der Waals surface area contributed by atoms with Gasteiger partial charge in [-0.2, -0.15) is 0 Å². The van der Waals surface area contributed by atoms with Gasteiger partial charge in [-0.1, -0.05) is 41.5 Å².